The third-order valence-corrected chi connectivity index (χ3v) is 4.90. The summed E-state index contributed by atoms with van der Waals surface area (Å²) in [4.78, 5) is 0. The molecule has 7 heteroatoms. The minimum Gasteiger partial charge on any atom is -0.369 e. The highest BCUT2D eigenvalue weighted by Gasteiger charge is 2.31. The highest BCUT2D eigenvalue weighted by Crippen LogP contribution is 2.37. The first-order valence-corrected chi connectivity index (χ1v) is 8.81. The maximum absolute atomic E-state index is 13.0. The Morgan fingerprint density at radius 2 is 1.84 bits per heavy atom. The van der Waals surface area contributed by atoms with Gasteiger partial charge in [0.1, 0.15) is 5.82 Å². The Morgan fingerprint density at radius 1 is 1.08 bits per heavy atom. The summed E-state index contributed by atoms with van der Waals surface area (Å²) in [5.41, 5.74) is 2.26. The number of nitrogens with zero attached hydrogens (tertiary/aromatic N) is 2. The van der Waals surface area contributed by atoms with E-state index in [2.05, 4.69) is 33.0 Å². The van der Waals surface area contributed by atoms with Crippen molar-refractivity contribution in [1.29, 1.82) is 0 Å². The highest BCUT2D eigenvalue weighted by atomic mass is 127. The zero-order valence-corrected chi connectivity index (χ0v) is 15.1. The van der Waals surface area contributed by atoms with Gasteiger partial charge in [-0.05, 0) is 65.4 Å². The summed E-state index contributed by atoms with van der Waals surface area (Å²) in [6.07, 6.45) is -3.62. The Kier molecular flexibility index (Phi) is 3.98. The Morgan fingerprint density at radius 3 is 2.56 bits per heavy atom. The minimum atomic E-state index is -4.36. The van der Waals surface area contributed by atoms with Crippen LogP contribution in [0.15, 0.2) is 48.5 Å². The maximum atomic E-state index is 13.0. The molecule has 0 atom stereocenters. The van der Waals surface area contributed by atoms with Crippen LogP contribution >= 0.6 is 22.6 Å². The van der Waals surface area contributed by atoms with Gasteiger partial charge in [0.2, 0.25) is 0 Å². The summed E-state index contributed by atoms with van der Waals surface area (Å²) in [6, 6.07) is 13.2. The van der Waals surface area contributed by atoms with Crippen LogP contribution in [0, 0.1) is 3.57 Å². The molecule has 0 amide bonds. The van der Waals surface area contributed by atoms with Crippen molar-refractivity contribution in [2.45, 2.75) is 12.6 Å². The number of hydrogen-bond acceptors (Lipinski definition) is 2. The Balaban J connectivity index is 1.85. The lowest BCUT2D eigenvalue weighted by molar-refractivity contribution is -0.137. The van der Waals surface area contributed by atoms with E-state index in [0.29, 0.717) is 11.3 Å². The molecule has 25 heavy (non-hydrogen) atoms. The molecule has 1 N–H and O–H groups in total. The molecule has 1 aromatic heterocycles. The number of rotatable bonds is 2. The fourth-order valence-corrected chi connectivity index (χ4v) is 3.38. The molecule has 1 aliphatic heterocycles. The average Bonchev–Trinajstić information content (AvgIpc) is 3.17. The minimum absolute atomic E-state index is 0.485. The van der Waals surface area contributed by atoms with Gasteiger partial charge in [0.25, 0.3) is 0 Å². The fourth-order valence-electron chi connectivity index (χ4n) is 3.02. The van der Waals surface area contributed by atoms with Crippen molar-refractivity contribution in [3.05, 3.63) is 63.2 Å². The van der Waals surface area contributed by atoms with Crippen molar-refractivity contribution in [2.24, 2.45) is 0 Å². The van der Waals surface area contributed by atoms with E-state index in [9.17, 15) is 13.2 Å². The van der Waals surface area contributed by atoms with E-state index in [0.717, 1.165) is 39.7 Å². The summed E-state index contributed by atoms with van der Waals surface area (Å²) in [6.45, 7) is 0.753. The molecule has 0 bridgehead atoms. The number of alkyl halides is 3. The first kappa shape index (κ1) is 16.4. The molecule has 3 aromatic rings. The second kappa shape index (κ2) is 6.05. The van der Waals surface area contributed by atoms with Gasteiger partial charge in [0.15, 0.2) is 0 Å². The summed E-state index contributed by atoms with van der Waals surface area (Å²) >= 11 is 2.23. The fraction of sp³-hybridized carbons (Fsp3) is 0.167. The van der Waals surface area contributed by atoms with Crippen molar-refractivity contribution in [1.82, 2.24) is 9.78 Å². The predicted molar refractivity (Wildman–Crippen MR) is 98.9 cm³/mol. The van der Waals surface area contributed by atoms with E-state index in [-0.39, 0.29) is 0 Å². The van der Waals surface area contributed by atoms with E-state index in [1.165, 1.54) is 12.1 Å². The number of hydrogen-bond donors (Lipinski definition) is 1. The van der Waals surface area contributed by atoms with Gasteiger partial charge < -0.3 is 5.32 Å². The number of aromatic nitrogens is 2. The van der Waals surface area contributed by atoms with Gasteiger partial charge in [-0.3, -0.25) is 0 Å². The van der Waals surface area contributed by atoms with Crippen LogP contribution in [-0.4, -0.2) is 16.3 Å². The third-order valence-electron chi connectivity index (χ3n) is 4.19. The molecule has 0 fully saturated rings. The lowest BCUT2D eigenvalue weighted by atomic mass is 10.0. The highest BCUT2D eigenvalue weighted by molar-refractivity contribution is 14.1. The lowest BCUT2D eigenvalue weighted by Crippen LogP contribution is -2.05. The first-order valence-electron chi connectivity index (χ1n) is 7.73. The monoisotopic (exact) mass is 455 g/mol. The number of nitrogens with one attached hydrogen (secondary N) is 1. The van der Waals surface area contributed by atoms with E-state index >= 15 is 0 Å². The molecule has 0 saturated carbocycles. The lowest BCUT2D eigenvalue weighted by Gasteiger charge is -2.08. The van der Waals surface area contributed by atoms with Gasteiger partial charge >= 0.3 is 6.18 Å². The van der Waals surface area contributed by atoms with Crippen molar-refractivity contribution < 1.29 is 13.2 Å². The number of benzene rings is 2. The van der Waals surface area contributed by atoms with Gasteiger partial charge in [-0.2, -0.15) is 18.3 Å². The molecule has 0 spiro atoms. The molecule has 2 heterocycles. The zero-order chi connectivity index (χ0) is 17.6. The summed E-state index contributed by atoms with van der Waals surface area (Å²) in [5.74, 6) is 0.855. The van der Waals surface area contributed by atoms with Gasteiger partial charge in [-0.15, -0.1) is 0 Å². The van der Waals surface area contributed by atoms with Gasteiger partial charge in [-0.25, -0.2) is 4.68 Å². The Labute approximate surface area is 156 Å². The molecule has 128 valence electrons. The van der Waals surface area contributed by atoms with Crippen LogP contribution in [-0.2, 0) is 12.6 Å². The van der Waals surface area contributed by atoms with Crippen LogP contribution < -0.4 is 5.32 Å². The predicted octanol–water partition coefficient (Wildman–Crippen LogP) is 5.13. The Bertz CT molecular complexity index is 930. The van der Waals surface area contributed by atoms with Crippen LogP contribution in [0.1, 0.15) is 11.1 Å². The molecule has 0 radical (unpaired) electrons. The van der Waals surface area contributed by atoms with E-state index in [4.69, 9.17) is 0 Å². The van der Waals surface area contributed by atoms with E-state index in [1.54, 1.807) is 10.7 Å². The average molecular weight is 455 g/mol. The molecule has 0 saturated heterocycles. The molecule has 0 unspecified atom stereocenters. The van der Waals surface area contributed by atoms with Crippen LogP contribution in [0.4, 0.5) is 19.0 Å². The van der Waals surface area contributed by atoms with Crippen LogP contribution in [0.3, 0.4) is 0 Å². The van der Waals surface area contributed by atoms with Crippen LogP contribution in [0.2, 0.25) is 0 Å². The topological polar surface area (TPSA) is 29.9 Å². The summed E-state index contributed by atoms with van der Waals surface area (Å²) in [7, 11) is 0. The molecule has 4 rings (SSSR count). The standard InChI is InChI=1S/C18H13F3IN3/c19-18(20,21)12-3-1-2-11(10-12)16-15-8-9-23-17(15)25(24-16)14-6-4-13(22)5-7-14/h1-7,10,23H,8-9H2. The second-order valence-corrected chi connectivity index (χ2v) is 7.06. The SMILES string of the molecule is FC(F)(F)c1cccc(-c2nn(-c3ccc(I)cc3)c3c2CCN3)c1. The normalized spacial score (nSPS) is 13.6. The zero-order valence-electron chi connectivity index (χ0n) is 12.9. The van der Waals surface area contributed by atoms with Crippen molar-refractivity contribution in [2.75, 3.05) is 11.9 Å². The van der Waals surface area contributed by atoms with Crippen LogP contribution in [0.25, 0.3) is 16.9 Å². The van der Waals surface area contributed by atoms with Gasteiger partial charge in [0.05, 0.1) is 16.9 Å². The Hall–Kier alpha value is -2.03. The maximum Gasteiger partial charge on any atom is 0.416 e. The second-order valence-electron chi connectivity index (χ2n) is 5.82. The molecular weight excluding hydrogens is 442 g/mol. The summed E-state index contributed by atoms with van der Waals surface area (Å²) < 4.78 is 42.0. The molecular formula is C18H13F3IN3. The smallest absolute Gasteiger partial charge is 0.369 e. The van der Waals surface area contributed by atoms with Crippen molar-refractivity contribution in [3.8, 4) is 16.9 Å². The number of fused-ring (bicyclic) bond motifs is 1. The van der Waals surface area contributed by atoms with E-state index in [1.807, 2.05) is 24.3 Å². The molecule has 3 nitrogen and oxygen atoms in total. The molecule has 1 aliphatic rings. The van der Waals surface area contributed by atoms with E-state index < -0.39 is 11.7 Å². The largest absolute Gasteiger partial charge is 0.416 e. The number of anilines is 1. The van der Waals surface area contributed by atoms with Gasteiger partial charge in [0, 0.05) is 21.2 Å². The molecule has 2 aromatic carbocycles. The van der Waals surface area contributed by atoms with Gasteiger partial charge in [-0.1, -0.05) is 12.1 Å². The quantitative estimate of drug-likeness (QED) is 0.544. The third kappa shape index (κ3) is 3.01. The summed E-state index contributed by atoms with van der Waals surface area (Å²) in [5, 5.41) is 7.90. The number of halogens is 4. The van der Waals surface area contributed by atoms with Crippen LogP contribution in [0.5, 0.6) is 0 Å². The molecule has 0 aliphatic carbocycles. The van der Waals surface area contributed by atoms with Crippen molar-refractivity contribution >= 4 is 28.4 Å². The van der Waals surface area contributed by atoms with Crippen molar-refractivity contribution in [3.63, 3.8) is 0 Å². The first-order chi connectivity index (χ1) is 11.9.